The third-order valence-corrected chi connectivity index (χ3v) is 5.23. The molecule has 2 aliphatic rings. The van der Waals surface area contributed by atoms with E-state index in [0.29, 0.717) is 12.3 Å². The fourth-order valence-electron chi connectivity index (χ4n) is 4.29. The van der Waals surface area contributed by atoms with E-state index in [9.17, 15) is 4.79 Å². The number of aromatic nitrogens is 2. The molecule has 0 spiro atoms. The van der Waals surface area contributed by atoms with Crippen molar-refractivity contribution in [2.24, 2.45) is 24.8 Å². The molecular weight excluding hydrogens is 250 g/mol. The molecule has 1 aromatic heterocycles. The molecule has 0 saturated heterocycles. The van der Waals surface area contributed by atoms with Crippen LogP contribution in [0.5, 0.6) is 0 Å². The predicted octanol–water partition coefficient (Wildman–Crippen LogP) is 2.73. The summed E-state index contributed by atoms with van der Waals surface area (Å²) in [7, 11) is 1.92. The van der Waals surface area contributed by atoms with Crippen LogP contribution in [-0.2, 0) is 11.8 Å². The molecule has 1 amide bonds. The van der Waals surface area contributed by atoms with E-state index < -0.39 is 0 Å². The lowest BCUT2D eigenvalue weighted by Crippen LogP contribution is -2.29. The van der Waals surface area contributed by atoms with Crippen molar-refractivity contribution >= 4 is 5.91 Å². The molecule has 0 radical (unpaired) electrons. The van der Waals surface area contributed by atoms with Crippen molar-refractivity contribution in [3.8, 4) is 0 Å². The molecule has 3 rings (SSSR count). The second-order valence-electron chi connectivity index (χ2n) is 6.77. The highest BCUT2D eigenvalue weighted by Crippen LogP contribution is 2.49. The van der Waals surface area contributed by atoms with Crippen LogP contribution in [0.2, 0.25) is 0 Å². The van der Waals surface area contributed by atoms with Gasteiger partial charge in [0.1, 0.15) is 0 Å². The number of hydrogen-bond donors (Lipinski definition) is 1. The van der Waals surface area contributed by atoms with E-state index in [-0.39, 0.29) is 11.9 Å². The van der Waals surface area contributed by atoms with Crippen LogP contribution in [0, 0.1) is 24.7 Å². The van der Waals surface area contributed by atoms with Crippen molar-refractivity contribution in [2.75, 3.05) is 0 Å². The standard InChI is InChI=1S/C16H25N3O/c1-10(15-9-19(3)18-11(15)2)17-16(20)8-14-7-12-4-5-13(14)6-12/h9-10,12-14H,4-8H2,1-3H3,(H,17,20). The summed E-state index contributed by atoms with van der Waals surface area (Å²) in [6, 6.07) is 0.0507. The number of carbonyl (C=O) groups excluding carboxylic acids is 1. The molecule has 2 bridgehead atoms. The van der Waals surface area contributed by atoms with Crippen molar-refractivity contribution < 1.29 is 4.79 Å². The van der Waals surface area contributed by atoms with E-state index in [2.05, 4.69) is 10.4 Å². The van der Waals surface area contributed by atoms with Crippen LogP contribution < -0.4 is 5.32 Å². The maximum atomic E-state index is 12.2. The Hall–Kier alpha value is -1.32. The Bertz CT molecular complexity index is 508. The number of hydrogen-bond acceptors (Lipinski definition) is 2. The van der Waals surface area contributed by atoms with Gasteiger partial charge in [-0.1, -0.05) is 6.42 Å². The fraction of sp³-hybridized carbons (Fsp3) is 0.750. The molecular formula is C16H25N3O. The lowest BCUT2D eigenvalue weighted by molar-refractivity contribution is -0.123. The molecule has 110 valence electrons. The average Bonchev–Trinajstić information content (AvgIpc) is 3.04. The topological polar surface area (TPSA) is 46.9 Å². The van der Waals surface area contributed by atoms with E-state index >= 15 is 0 Å². The van der Waals surface area contributed by atoms with Crippen LogP contribution in [0.4, 0.5) is 0 Å². The first-order chi connectivity index (χ1) is 9.52. The van der Waals surface area contributed by atoms with E-state index in [1.165, 1.54) is 25.7 Å². The summed E-state index contributed by atoms with van der Waals surface area (Å²) in [6.07, 6.45) is 8.10. The van der Waals surface area contributed by atoms with Crippen LogP contribution in [0.15, 0.2) is 6.20 Å². The Labute approximate surface area is 120 Å². The van der Waals surface area contributed by atoms with Gasteiger partial charge in [-0.05, 0) is 50.9 Å². The molecule has 1 N–H and O–H groups in total. The van der Waals surface area contributed by atoms with Crippen LogP contribution in [0.25, 0.3) is 0 Å². The summed E-state index contributed by atoms with van der Waals surface area (Å²) < 4.78 is 1.81. The Morgan fingerprint density at radius 2 is 2.30 bits per heavy atom. The number of aryl methyl sites for hydroxylation is 2. The number of amides is 1. The first-order valence-electron chi connectivity index (χ1n) is 7.82. The van der Waals surface area contributed by atoms with E-state index in [4.69, 9.17) is 0 Å². The molecule has 4 nitrogen and oxygen atoms in total. The minimum atomic E-state index is 0.0507. The normalized spacial score (nSPS) is 29.6. The quantitative estimate of drug-likeness (QED) is 0.918. The highest BCUT2D eigenvalue weighted by molar-refractivity contribution is 5.76. The third kappa shape index (κ3) is 2.60. The largest absolute Gasteiger partial charge is 0.349 e. The smallest absolute Gasteiger partial charge is 0.220 e. The Balaban J connectivity index is 1.55. The summed E-state index contributed by atoms with van der Waals surface area (Å²) in [5.41, 5.74) is 2.12. The molecule has 20 heavy (non-hydrogen) atoms. The van der Waals surface area contributed by atoms with Crippen molar-refractivity contribution in [3.05, 3.63) is 17.5 Å². The zero-order chi connectivity index (χ0) is 14.3. The van der Waals surface area contributed by atoms with Gasteiger partial charge in [-0.25, -0.2) is 0 Å². The second-order valence-corrected chi connectivity index (χ2v) is 6.77. The molecule has 1 heterocycles. The van der Waals surface area contributed by atoms with Crippen molar-refractivity contribution in [1.29, 1.82) is 0 Å². The number of carbonyl (C=O) groups is 1. The van der Waals surface area contributed by atoms with Gasteiger partial charge in [-0.2, -0.15) is 5.10 Å². The van der Waals surface area contributed by atoms with E-state index in [1.807, 2.05) is 31.8 Å². The average molecular weight is 275 g/mol. The minimum absolute atomic E-state index is 0.0507. The molecule has 1 aromatic rings. The van der Waals surface area contributed by atoms with Crippen LogP contribution in [0.3, 0.4) is 0 Å². The molecule has 2 fully saturated rings. The van der Waals surface area contributed by atoms with E-state index in [0.717, 1.165) is 23.1 Å². The van der Waals surface area contributed by atoms with Crippen LogP contribution in [0.1, 0.15) is 56.3 Å². The summed E-state index contributed by atoms with van der Waals surface area (Å²) in [5.74, 6) is 2.58. The lowest BCUT2D eigenvalue weighted by Gasteiger charge is -2.22. The van der Waals surface area contributed by atoms with Gasteiger partial charge in [-0.3, -0.25) is 9.48 Å². The Morgan fingerprint density at radius 3 is 2.85 bits per heavy atom. The number of nitrogens with zero attached hydrogens (tertiary/aromatic N) is 2. The highest BCUT2D eigenvalue weighted by Gasteiger charge is 2.40. The van der Waals surface area contributed by atoms with E-state index in [1.54, 1.807) is 0 Å². The van der Waals surface area contributed by atoms with Gasteiger partial charge in [0.2, 0.25) is 5.91 Å². The third-order valence-electron chi connectivity index (χ3n) is 5.23. The summed E-state index contributed by atoms with van der Waals surface area (Å²) in [4.78, 5) is 12.2. The monoisotopic (exact) mass is 275 g/mol. The summed E-state index contributed by atoms with van der Waals surface area (Å²) >= 11 is 0. The van der Waals surface area contributed by atoms with Gasteiger partial charge in [-0.15, -0.1) is 0 Å². The van der Waals surface area contributed by atoms with Gasteiger partial charge in [0.15, 0.2) is 0 Å². The Morgan fingerprint density at radius 1 is 1.50 bits per heavy atom. The first-order valence-corrected chi connectivity index (χ1v) is 7.82. The predicted molar refractivity (Wildman–Crippen MR) is 78.1 cm³/mol. The van der Waals surface area contributed by atoms with Crippen LogP contribution >= 0.6 is 0 Å². The van der Waals surface area contributed by atoms with Gasteiger partial charge in [0.05, 0.1) is 11.7 Å². The van der Waals surface area contributed by atoms with Crippen molar-refractivity contribution in [3.63, 3.8) is 0 Å². The van der Waals surface area contributed by atoms with Crippen molar-refractivity contribution in [2.45, 2.75) is 52.0 Å². The van der Waals surface area contributed by atoms with Gasteiger partial charge >= 0.3 is 0 Å². The zero-order valence-electron chi connectivity index (χ0n) is 12.7. The second kappa shape index (κ2) is 5.23. The number of rotatable bonds is 4. The fourth-order valence-corrected chi connectivity index (χ4v) is 4.29. The zero-order valence-corrected chi connectivity index (χ0v) is 12.7. The number of fused-ring (bicyclic) bond motifs is 2. The molecule has 4 unspecified atom stereocenters. The SMILES string of the molecule is Cc1nn(C)cc1C(C)NC(=O)CC1CC2CCC1C2. The lowest BCUT2D eigenvalue weighted by atomic mass is 9.86. The maximum absolute atomic E-state index is 12.2. The molecule has 0 aliphatic heterocycles. The molecule has 2 saturated carbocycles. The summed E-state index contributed by atoms with van der Waals surface area (Å²) in [6.45, 7) is 4.04. The summed E-state index contributed by atoms with van der Waals surface area (Å²) in [5, 5.41) is 7.48. The van der Waals surface area contributed by atoms with Gasteiger partial charge < -0.3 is 5.32 Å². The molecule has 4 atom stereocenters. The molecule has 4 heteroatoms. The van der Waals surface area contributed by atoms with Gasteiger partial charge in [0, 0.05) is 25.2 Å². The highest BCUT2D eigenvalue weighted by atomic mass is 16.1. The number of nitrogens with one attached hydrogen (secondary N) is 1. The van der Waals surface area contributed by atoms with Gasteiger partial charge in [0.25, 0.3) is 0 Å². The Kier molecular flexibility index (Phi) is 3.57. The molecule has 0 aromatic carbocycles. The maximum Gasteiger partial charge on any atom is 0.220 e. The molecule has 2 aliphatic carbocycles. The first kappa shape index (κ1) is 13.7. The minimum Gasteiger partial charge on any atom is -0.349 e. The van der Waals surface area contributed by atoms with Crippen LogP contribution in [-0.4, -0.2) is 15.7 Å². The van der Waals surface area contributed by atoms with Crippen molar-refractivity contribution in [1.82, 2.24) is 15.1 Å².